The van der Waals surface area contributed by atoms with Gasteiger partial charge < -0.3 is 5.73 Å². The smallest absolute Gasteiger partial charge is 0.330 e. The van der Waals surface area contributed by atoms with Gasteiger partial charge in [0, 0.05) is 19.1 Å². The third-order valence-corrected chi connectivity index (χ3v) is 5.73. The average molecular weight is 315 g/mol. The maximum atomic E-state index is 12.6. The average Bonchev–Trinajstić information content (AvgIpc) is 3.19. The van der Waals surface area contributed by atoms with Crippen LogP contribution in [0.4, 0.5) is 13.2 Å². The van der Waals surface area contributed by atoms with E-state index in [0.717, 1.165) is 10.7 Å². The Morgan fingerprint density at radius 2 is 1.90 bits per heavy atom. The minimum absolute atomic E-state index is 0.0328. The number of hydrogen-bond acceptors (Lipinski definition) is 3. The van der Waals surface area contributed by atoms with Crippen molar-refractivity contribution >= 4 is 10.2 Å². The van der Waals surface area contributed by atoms with Crippen LogP contribution in [0.25, 0.3) is 0 Å². The van der Waals surface area contributed by atoms with Crippen LogP contribution >= 0.6 is 0 Å². The highest BCUT2D eigenvalue weighted by Crippen LogP contribution is 2.34. The third kappa shape index (κ3) is 3.84. The summed E-state index contributed by atoms with van der Waals surface area (Å²) in [5.74, 6) is 0.0328. The Hall–Kier alpha value is -0.380. The number of hydrogen-bond donors (Lipinski definition) is 1. The number of alkyl halides is 3. The summed E-state index contributed by atoms with van der Waals surface area (Å²) < 4.78 is 64.4. The molecule has 5 nitrogen and oxygen atoms in total. The van der Waals surface area contributed by atoms with Crippen molar-refractivity contribution in [2.24, 2.45) is 11.7 Å². The second-order valence-electron chi connectivity index (χ2n) is 5.50. The van der Waals surface area contributed by atoms with Gasteiger partial charge in [0.2, 0.25) is 0 Å². The molecule has 2 rings (SSSR count). The van der Waals surface area contributed by atoms with Crippen LogP contribution in [0.5, 0.6) is 0 Å². The van der Waals surface area contributed by atoms with Crippen LogP contribution in [0, 0.1) is 5.92 Å². The molecule has 1 atom stereocenters. The van der Waals surface area contributed by atoms with Crippen molar-refractivity contribution in [1.82, 2.24) is 8.61 Å². The van der Waals surface area contributed by atoms with Crippen LogP contribution in [-0.4, -0.2) is 55.4 Å². The maximum Gasteiger partial charge on any atom is 0.402 e. The largest absolute Gasteiger partial charge is 0.402 e. The minimum atomic E-state index is -4.52. The van der Waals surface area contributed by atoms with Crippen molar-refractivity contribution in [2.75, 3.05) is 26.2 Å². The molecule has 1 heterocycles. The maximum absolute atomic E-state index is 12.6. The van der Waals surface area contributed by atoms with Gasteiger partial charge in [0.25, 0.3) is 10.2 Å². The van der Waals surface area contributed by atoms with Gasteiger partial charge in [0.1, 0.15) is 6.54 Å². The van der Waals surface area contributed by atoms with Gasteiger partial charge >= 0.3 is 6.18 Å². The Bertz CT molecular complexity index is 437. The molecule has 1 aliphatic carbocycles. The van der Waals surface area contributed by atoms with Gasteiger partial charge in [0.05, 0.1) is 0 Å². The van der Waals surface area contributed by atoms with Gasteiger partial charge in [-0.25, -0.2) is 0 Å². The highest BCUT2D eigenvalue weighted by molar-refractivity contribution is 7.86. The van der Waals surface area contributed by atoms with E-state index in [4.69, 9.17) is 5.73 Å². The molecule has 1 saturated carbocycles. The number of nitrogens with two attached hydrogens (primary N) is 1. The van der Waals surface area contributed by atoms with Crippen LogP contribution in [0.3, 0.4) is 0 Å². The van der Waals surface area contributed by atoms with E-state index in [1.54, 1.807) is 0 Å². The van der Waals surface area contributed by atoms with Crippen LogP contribution in [-0.2, 0) is 10.2 Å². The van der Waals surface area contributed by atoms with Crippen LogP contribution in [0.15, 0.2) is 0 Å². The van der Waals surface area contributed by atoms with Crippen LogP contribution in [0.2, 0.25) is 0 Å². The number of piperidine rings is 1. The van der Waals surface area contributed by atoms with E-state index < -0.39 is 29.0 Å². The summed E-state index contributed by atoms with van der Waals surface area (Å²) in [5, 5.41) is 0. The fourth-order valence-electron chi connectivity index (χ4n) is 2.52. The Labute approximate surface area is 117 Å². The summed E-state index contributed by atoms with van der Waals surface area (Å²) in [6.45, 7) is -0.543. The summed E-state index contributed by atoms with van der Waals surface area (Å²) in [7, 11) is -4.05. The molecule has 2 aliphatic rings. The lowest BCUT2D eigenvalue weighted by molar-refractivity contribution is -0.137. The predicted molar refractivity (Wildman–Crippen MR) is 68.1 cm³/mol. The monoisotopic (exact) mass is 315 g/mol. The first-order valence-electron chi connectivity index (χ1n) is 6.78. The summed E-state index contributed by atoms with van der Waals surface area (Å²) in [4.78, 5) is 0. The van der Waals surface area contributed by atoms with E-state index in [1.807, 2.05) is 0 Å². The molecule has 0 bridgehead atoms. The number of rotatable bonds is 5. The molecular formula is C11H20F3N3O2S. The molecule has 1 saturated heterocycles. The lowest BCUT2D eigenvalue weighted by atomic mass is 10.0. The summed E-state index contributed by atoms with van der Waals surface area (Å²) >= 11 is 0. The highest BCUT2D eigenvalue weighted by atomic mass is 32.2. The van der Waals surface area contributed by atoms with Gasteiger partial charge in [-0.2, -0.15) is 30.2 Å². The Morgan fingerprint density at radius 3 is 2.40 bits per heavy atom. The van der Waals surface area contributed by atoms with Crippen molar-refractivity contribution in [2.45, 2.75) is 37.9 Å². The molecule has 2 fully saturated rings. The third-order valence-electron chi connectivity index (χ3n) is 3.73. The first kappa shape index (κ1) is 16.0. The fraction of sp³-hybridized carbons (Fsp3) is 1.00. The standard InChI is InChI=1S/C11H20F3N3O2S/c12-11(13,14)8-17(10-3-4-10)20(18,19)16-5-1-2-9(6-15)7-16/h9-10H,1-8,15H2. The molecule has 1 aliphatic heterocycles. The first-order valence-corrected chi connectivity index (χ1v) is 8.17. The molecule has 0 spiro atoms. The lowest BCUT2D eigenvalue weighted by Gasteiger charge is -2.35. The predicted octanol–water partition coefficient (Wildman–Crippen LogP) is 0.929. The Balaban J connectivity index is 2.13. The topological polar surface area (TPSA) is 66.6 Å². The summed E-state index contributed by atoms with van der Waals surface area (Å²) in [6.07, 6.45) is -2.04. The van der Waals surface area contributed by atoms with Crippen LogP contribution in [0.1, 0.15) is 25.7 Å². The fourth-order valence-corrected chi connectivity index (χ4v) is 4.47. The molecular weight excluding hydrogens is 295 g/mol. The Morgan fingerprint density at radius 1 is 1.25 bits per heavy atom. The molecule has 20 heavy (non-hydrogen) atoms. The van der Waals surface area contributed by atoms with E-state index in [-0.39, 0.29) is 19.0 Å². The molecule has 0 aromatic carbocycles. The van der Waals surface area contributed by atoms with E-state index >= 15 is 0 Å². The molecule has 1 unspecified atom stereocenters. The van der Waals surface area contributed by atoms with Crippen molar-refractivity contribution in [1.29, 1.82) is 0 Å². The van der Waals surface area contributed by atoms with E-state index in [0.29, 0.717) is 30.1 Å². The van der Waals surface area contributed by atoms with Gasteiger partial charge in [0.15, 0.2) is 0 Å². The molecule has 0 amide bonds. The van der Waals surface area contributed by atoms with Crippen molar-refractivity contribution < 1.29 is 21.6 Å². The summed E-state index contributed by atoms with van der Waals surface area (Å²) in [6, 6.07) is -0.500. The quantitative estimate of drug-likeness (QED) is 0.821. The molecule has 0 radical (unpaired) electrons. The van der Waals surface area contributed by atoms with Gasteiger partial charge in [-0.1, -0.05) is 0 Å². The van der Waals surface area contributed by atoms with Gasteiger partial charge in [-0.15, -0.1) is 0 Å². The molecule has 118 valence electrons. The Kier molecular flexibility index (Phi) is 4.63. The zero-order valence-corrected chi connectivity index (χ0v) is 12.0. The zero-order chi connectivity index (χ0) is 15.0. The van der Waals surface area contributed by atoms with Gasteiger partial charge in [-0.3, -0.25) is 0 Å². The van der Waals surface area contributed by atoms with E-state index in [1.165, 1.54) is 0 Å². The zero-order valence-electron chi connectivity index (χ0n) is 11.1. The molecule has 0 aromatic rings. The molecule has 0 aromatic heterocycles. The van der Waals surface area contributed by atoms with Gasteiger partial charge in [-0.05, 0) is 38.1 Å². The van der Waals surface area contributed by atoms with E-state index in [2.05, 4.69) is 0 Å². The SMILES string of the molecule is NCC1CCCN(S(=O)(=O)N(CC(F)(F)F)C2CC2)C1. The minimum Gasteiger partial charge on any atom is -0.330 e. The molecule has 2 N–H and O–H groups in total. The lowest BCUT2D eigenvalue weighted by Crippen LogP contribution is -2.51. The second-order valence-corrected chi connectivity index (χ2v) is 7.38. The normalized spacial score (nSPS) is 26.1. The first-order chi connectivity index (χ1) is 9.24. The van der Waals surface area contributed by atoms with Crippen molar-refractivity contribution in [3.05, 3.63) is 0 Å². The highest BCUT2D eigenvalue weighted by Gasteiger charge is 2.46. The molecule has 9 heteroatoms. The summed E-state index contributed by atoms with van der Waals surface area (Å²) in [5.41, 5.74) is 5.54. The van der Waals surface area contributed by atoms with Crippen molar-refractivity contribution in [3.8, 4) is 0 Å². The van der Waals surface area contributed by atoms with Crippen molar-refractivity contribution in [3.63, 3.8) is 0 Å². The van der Waals surface area contributed by atoms with Crippen LogP contribution < -0.4 is 5.73 Å². The number of halogens is 3. The number of nitrogens with zero attached hydrogens (tertiary/aromatic N) is 2. The van der Waals surface area contributed by atoms with E-state index in [9.17, 15) is 21.6 Å². The second kappa shape index (κ2) is 5.78.